The molecule has 2 aromatic carbocycles. The maximum absolute atomic E-state index is 12.7. The number of rotatable bonds is 6. The van der Waals surface area contributed by atoms with Gasteiger partial charge in [0, 0.05) is 17.3 Å². The zero-order valence-electron chi connectivity index (χ0n) is 16.3. The van der Waals surface area contributed by atoms with E-state index in [1.807, 2.05) is 31.2 Å². The lowest BCUT2D eigenvalue weighted by Crippen LogP contribution is -2.34. The Hall–Kier alpha value is -2.27. The number of fused-ring (bicyclic) bond motifs is 1. The summed E-state index contributed by atoms with van der Waals surface area (Å²) in [6, 6.07) is 12.3. The Morgan fingerprint density at radius 2 is 2.04 bits per heavy atom. The molecule has 0 radical (unpaired) electrons. The molecule has 1 heterocycles. The van der Waals surface area contributed by atoms with Crippen molar-refractivity contribution in [1.29, 1.82) is 0 Å². The fourth-order valence-corrected chi connectivity index (χ4v) is 4.52. The first kappa shape index (κ1) is 19.1. The first-order valence-corrected chi connectivity index (χ1v) is 10.6. The minimum atomic E-state index is -0.489. The number of nitrogens with one attached hydrogen (secondary N) is 2. The Morgan fingerprint density at radius 1 is 1.25 bits per heavy atom. The quantitative estimate of drug-likeness (QED) is 0.633. The van der Waals surface area contributed by atoms with E-state index in [4.69, 9.17) is 0 Å². The Balaban J connectivity index is 1.71. The molecule has 1 fully saturated rings. The molecule has 4 rings (SSSR count). The number of carbonyl (C=O) groups excluding carboxylic acids is 2. The summed E-state index contributed by atoms with van der Waals surface area (Å²) < 4.78 is 0. The molecule has 2 aromatic rings. The molecule has 0 spiro atoms. The molecule has 146 valence electrons. The molecule has 1 atom stereocenters. The highest BCUT2D eigenvalue weighted by Gasteiger charge is 2.44. The maximum atomic E-state index is 12.7. The van der Waals surface area contributed by atoms with Crippen molar-refractivity contribution in [1.82, 2.24) is 5.32 Å². The molecule has 28 heavy (non-hydrogen) atoms. The van der Waals surface area contributed by atoms with Crippen molar-refractivity contribution in [3.63, 3.8) is 0 Å². The Morgan fingerprint density at radius 3 is 2.71 bits per heavy atom. The van der Waals surface area contributed by atoms with Gasteiger partial charge in [-0.25, -0.2) is 0 Å². The Bertz CT molecular complexity index is 952. The van der Waals surface area contributed by atoms with Crippen LogP contribution in [0.3, 0.4) is 0 Å². The fourth-order valence-electron chi connectivity index (χ4n) is 4.13. The smallest absolute Gasteiger partial charge is 0.251 e. The van der Waals surface area contributed by atoms with E-state index in [0.717, 1.165) is 53.6 Å². The number of carbonyl (C=O) groups is 2. The lowest BCUT2D eigenvalue weighted by molar-refractivity contribution is -0.121. The lowest BCUT2D eigenvalue weighted by atomic mass is 9.76. The molecule has 5 heteroatoms. The zero-order chi connectivity index (χ0) is 19.9. The maximum Gasteiger partial charge on any atom is 0.251 e. The van der Waals surface area contributed by atoms with Crippen molar-refractivity contribution in [3.8, 4) is 11.1 Å². The van der Waals surface area contributed by atoms with Gasteiger partial charge in [-0.1, -0.05) is 25.1 Å². The van der Waals surface area contributed by atoms with Gasteiger partial charge in [-0.3, -0.25) is 9.59 Å². The van der Waals surface area contributed by atoms with Crippen molar-refractivity contribution < 1.29 is 9.59 Å². The van der Waals surface area contributed by atoms with E-state index in [1.54, 1.807) is 0 Å². The summed E-state index contributed by atoms with van der Waals surface area (Å²) in [5.41, 5.74) is 5.24. The van der Waals surface area contributed by atoms with Crippen LogP contribution in [-0.4, -0.2) is 23.6 Å². The van der Waals surface area contributed by atoms with E-state index in [1.165, 1.54) is 0 Å². The van der Waals surface area contributed by atoms with Gasteiger partial charge in [0.25, 0.3) is 5.91 Å². The molecule has 0 bridgehead atoms. The highest BCUT2D eigenvalue weighted by Crippen LogP contribution is 2.44. The van der Waals surface area contributed by atoms with Gasteiger partial charge in [-0.2, -0.15) is 12.6 Å². The number of anilines is 1. The van der Waals surface area contributed by atoms with Gasteiger partial charge in [0.2, 0.25) is 5.91 Å². The molecular formula is C23H26N2O2S. The summed E-state index contributed by atoms with van der Waals surface area (Å²) >= 11 is 4.37. The largest absolute Gasteiger partial charge is 0.349 e. The van der Waals surface area contributed by atoms with Crippen LogP contribution in [0.5, 0.6) is 0 Å². The van der Waals surface area contributed by atoms with Crippen LogP contribution >= 0.6 is 12.6 Å². The van der Waals surface area contributed by atoms with E-state index in [9.17, 15) is 9.59 Å². The molecule has 2 aliphatic rings. The van der Waals surface area contributed by atoms with Crippen LogP contribution in [0.15, 0.2) is 36.4 Å². The molecule has 0 saturated heterocycles. The summed E-state index contributed by atoms with van der Waals surface area (Å²) in [5, 5.41) is 6.12. The molecule has 0 aromatic heterocycles. The molecule has 1 unspecified atom stereocenters. The molecule has 2 N–H and O–H groups in total. The predicted octanol–water partition coefficient (Wildman–Crippen LogP) is 4.47. The Kier molecular flexibility index (Phi) is 4.96. The van der Waals surface area contributed by atoms with Gasteiger partial charge in [-0.05, 0) is 78.8 Å². The molecule has 2 amide bonds. The summed E-state index contributed by atoms with van der Waals surface area (Å²) in [6.07, 6.45) is 3.61. The molecule has 4 nitrogen and oxygen atoms in total. The van der Waals surface area contributed by atoms with Crippen LogP contribution in [0.4, 0.5) is 5.69 Å². The SMILES string of the molecule is CCC1(CCS)C(=O)Nc2cc(-c3cc(C(=O)NC4CC4)ccc3C)ccc21. The standard InChI is InChI=1S/C23H26N2O2S/c1-3-23(10-11-28)19-9-6-15(13-20(19)25-22(23)27)18-12-16(5-4-14(18)2)21(26)24-17-7-8-17/h4-6,9,12-13,17,28H,3,7-8,10-11H2,1-2H3,(H,24,26)(H,25,27). The second-order valence-corrected chi connectivity index (χ2v) is 8.35. The molecule has 1 aliphatic heterocycles. The average Bonchev–Trinajstić information content (AvgIpc) is 3.46. The third-order valence-electron chi connectivity index (χ3n) is 6.08. The number of benzene rings is 2. The highest BCUT2D eigenvalue weighted by molar-refractivity contribution is 7.80. The van der Waals surface area contributed by atoms with Crippen LogP contribution in [0, 0.1) is 6.92 Å². The van der Waals surface area contributed by atoms with E-state index in [2.05, 4.69) is 42.3 Å². The number of hydrogen-bond donors (Lipinski definition) is 3. The topological polar surface area (TPSA) is 58.2 Å². The van der Waals surface area contributed by atoms with E-state index in [-0.39, 0.29) is 11.8 Å². The van der Waals surface area contributed by atoms with E-state index in [0.29, 0.717) is 17.4 Å². The number of aryl methyl sites for hydroxylation is 1. The Labute approximate surface area is 171 Å². The summed E-state index contributed by atoms with van der Waals surface area (Å²) in [4.78, 5) is 25.2. The predicted molar refractivity (Wildman–Crippen MR) is 116 cm³/mol. The van der Waals surface area contributed by atoms with Crippen molar-refractivity contribution >= 4 is 30.1 Å². The third kappa shape index (κ3) is 3.22. The highest BCUT2D eigenvalue weighted by atomic mass is 32.1. The van der Waals surface area contributed by atoms with Crippen molar-refractivity contribution in [2.75, 3.05) is 11.1 Å². The third-order valence-corrected chi connectivity index (χ3v) is 6.31. The second kappa shape index (κ2) is 7.28. The van der Waals surface area contributed by atoms with Crippen LogP contribution in [-0.2, 0) is 10.2 Å². The zero-order valence-corrected chi connectivity index (χ0v) is 17.2. The summed E-state index contributed by atoms with van der Waals surface area (Å²) in [6.45, 7) is 4.10. The molecule has 1 saturated carbocycles. The second-order valence-electron chi connectivity index (χ2n) is 7.90. The molecular weight excluding hydrogens is 368 g/mol. The monoisotopic (exact) mass is 394 g/mol. The van der Waals surface area contributed by atoms with Crippen molar-refractivity contribution in [2.45, 2.75) is 51.0 Å². The first-order valence-electron chi connectivity index (χ1n) is 9.97. The summed E-state index contributed by atoms with van der Waals surface area (Å²) in [7, 11) is 0. The average molecular weight is 395 g/mol. The van der Waals surface area contributed by atoms with Crippen LogP contribution in [0.1, 0.15) is 54.1 Å². The van der Waals surface area contributed by atoms with Gasteiger partial charge < -0.3 is 10.6 Å². The van der Waals surface area contributed by atoms with Crippen LogP contribution in [0.2, 0.25) is 0 Å². The van der Waals surface area contributed by atoms with Crippen molar-refractivity contribution in [2.24, 2.45) is 0 Å². The van der Waals surface area contributed by atoms with Crippen LogP contribution in [0.25, 0.3) is 11.1 Å². The van der Waals surface area contributed by atoms with Gasteiger partial charge >= 0.3 is 0 Å². The number of thiol groups is 1. The minimum Gasteiger partial charge on any atom is -0.349 e. The van der Waals surface area contributed by atoms with Gasteiger partial charge in [0.1, 0.15) is 0 Å². The summed E-state index contributed by atoms with van der Waals surface area (Å²) in [5.74, 6) is 0.710. The molecule has 1 aliphatic carbocycles. The number of amides is 2. The normalized spacial score (nSPS) is 20.6. The fraction of sp³-hybridized carbons (Fsp3) is 0.391. The van der Waals surface area contributed by atoms with E-state index < -0.39 is 5.41 Å². The van der Waals surface area contributed by atoms with Gasteiger partial charge in [0.05, 0.1) is 5.41 Å². The van der Waals surface area contributed by atoms with Gasteiger partial charge in [0.15, 0.2) is 0 Å². The first-order chi connectivity index (χ1) is 13.5. The lowest BCUT2D eigenvalue weighted by Gasteiger charge is -2.25. The van der Waals surface area contributed by atoms with Crippen molar-refractivity contribution in [3.05, 3.63) is 53.1 Å². The van der Waals surface area contributed by atoms with E-state index >= 15 is 0 Å². The number of hydrogen-bond acceptors (Lipinski definition) is 3. The van der Waals surface area contributed by atoms with Crippen LogP contribution < -0.4 is 10.6 Å². The van der Waals surface area contributed by atoms with Gasteiger partial charge in [-0.15, -0.1) is 0 Å². The minimum absolute atomic E-state index is 0.0167.